The summed E-state index contributed by atoms with van der Waals surface area (Å²) >= 11 is 0. The first-order chi connectivity index (χ1) is 5.34. The predicted molar refractivity (Wildman–Crippen MR) is 47.9 cm³/mol. The Morgan fingerprint density at radius 3 is 2.45 bits per heavy atom. The Balaban J connectivity index is 1.73. The molecule has 2 aliphatic rings. The second-order valence-electron chi connectivity index (χ2n) is 3.78. The average Bonchev–Trinajstić information content (AvgIpc) is 2.78. The Hall–Kier alpha value is 0.190. The zero-order chi connectivity index (χ0) is 7.68. The standard InChI is InChI=1S/C8H16NOP/c10-11-5-3-9(4-6-11)7-8-1-2-8/h8,11H,1-7H2. The quantitative estimate of drug-likeness (QED) is 0.586. The fourth-order valence-corrected chi connectivity index (χ4v) is 3.03. The molecule has 0 radical (unpaired) electrons. The zero-order valence-corrected chi connectivity index (χ0v) is 7.88. The van der Waals surface area contributed by atoms with Gasteiger partial charge in [0.2, 0.25) is 0 Å². The summed E-state index contributed by atoms with van der Waals surface area (Å²) in [6.07, 6.45) is 4.84. The van der Waals surface area contributed by atoms with Crippen molar-refractivity contribution >= 4 is 7.80 Å². The van der Waals surface area contributed by atoms with Crippen LogP contribution in [-0.4, -0.2) is 36.9 Å². The van der Waals surface area contributed by atoms with E-state index in [1.165, 1.54) is 19.4 Å². The van der Waals surface area contributed by atoms with E-state index in [9.17, 15) is 4.57 Å². The summed E-state index contributed by atoms with van der Waals surface area (Å²) in [6.45, 7) is 3.50. The van der Waals surface area contributed by atoms with E-state index in [1.807, 2.05) is 0 Å². The van der Waals surface area contributed by atoms with Crippen molar-refractivity contribution in [2.24, 2.45) is 5.92 Å². The van der Waals surface area contributed by atoms with Crippen molar-refractivity contribution in [3.05, 3.63) is 0 Å². The van der Waals surface area contributed by atoms with Gasteiger partial charge in [0.1, 0.15) is 0 Å². The van der Waals surface area contributed by atoms with Gasteiger partial charge in [-0.15, -0.1) is 0 Å². The van der Waals surface area contributed by atoms with Crippen LogP contribution in [0.15, 0.2) is 0 Å². The minimum atomic E-state index is -1.13. The smallest absolute Gasteiger partial charge is 0.0787 e. The maximum atomic E-state index is 11.1. The lowest BCUT2D eigenvalue weighted by atomic mass is 10.3. The van der Waals surface area contributed by atoms with Gasteiger partial charge in [-0.25, -0.2) is 0 Å². The lowest BCUT2D eigenvalue weighted by Gasteiger charge is -2.25. The van der Waals surface area contributed by atoms with Crippen LogP contribution in [0.2, 0.25) is 0 Å². The van der Waals surface area contributed by atoms with E-state index in [0.717, 1.165) is 31.3 Å². The first-order valence-corrected chi connectivity index (χ1v) is 6.41. The molecule has 2 nitrogen and oxygen atoms in total. The molecular weight excluding hydrogens is 157 g/mol. The molecule has 1 heterocycles. The maximum Gasteiger partial charge on any atom is 0.0787 e. The third kappa shape index (κ3) is 2.31. The maximum absolute atomic E-state index is 11.1. The lowest BCUT2D eigenvalue weighted by molar-refractivity contribution is 0.285. The van der Waals surface area contributed by atoms with Gasteiger partial charge in [-0.3, -0.25) is 0 Å². The Kier molecular flexibility index (Phi) is 2.33. The number of rotatable bonds is 2. The van der Waals surface area contributed by atoms with E-state index in [2.05, 4.69) is 4.90 Å². The van der Waals surface area contributed by atoms with Crippen LogP contribution in [0.3, 0.4) is 0 Å². The Morgan fingerprint density at radius 1 is 1.27 bits per heavy atom. The van der Waals surface area contributed by atoms with Crippen LogP contribution in [0.5, 0.6) is 0 Å². The Morgan fingerprint density at radius 2 is 1.91 bits per heavy atom. The molecule has 2 rings (SSSR count). The monoisotopic (exact) mass is 173 g/mol. The number of nitrogens with zero attached hydrogens (tertiary/aromatic N) is 1. The van der Waals surface area contributed by atoms with Crippen molar-refractivity contribution in [1.82, 2.24) is 4.90 Å². The van der Waals surface area contributed by atoms with Crippen molar-refractivity contribution in [3.63, 3.8) is 0 Å². The molecule has 64 valence electrons. The first-order valence-electron chi connectivity index (χ1n) is 4.58. The summed E-state index contributed by atoms with van der Waals surface area (Å²) in [6, 6.07) is 0. The molecule has 0 aromatic heterocycles. The number of hydrogen-bond acceptors (Lipinski definition) is 2. The van der Waals surface area contributed by atoms with Crippen LogP contribution in [0.25, 0.3) is 0 Å². The van der Waals surface area contributed by atoms with Gasteiger partial charge in [0.15, 0.2) is 0 Å². The number of hydrogen-bond donors (Lipinski definition) is 0. The van der Waals surface area contributed by atoms with Gasteiger partial charge >= 0.3 is 0 Å². The molecule has 2 fully saturated rings. The highest BCUT2D eigenvalue weighted by Crippen LogP contribution is 2.32. The molecule has 0 bridgehead atoms. The van der Waals surface area contributed by atoms with E-state index in [-0.39, 0.29) is 0 Å². The summed E-state index contributed by atoms with van der Waals surface area (Å²) < 4.78 is 11.1. The molecule has 1 saturated carbocycles. The normalized spacial score (nSPS) is 29.1. The summed E-state index contributed by atoms with van der Waals surface area (Å²) in [5.74, 6) is 0.996. The molecule has 0 N–H and O–H groups in total. The van der Waals surface area contributed by atoms with Crippen molar-refractivity contribution in [2.75, 3.05) is 32.0 Å². The van der Waals surface area contributed by atoms with Crippen LogP contribution in [0, 0.1) is 5.92 Å². The third-order valence-electron chi connectivity index (χ3n) is 2.63. The highest BCUT2D eigenvalue weighted by Gasteiger charge is 2.25. The molecule has 0 spiro atoms. The molecule has 0 atom stereocenters. The van der Waals surface area contributed by atoms with Gasteiger partial charge < -0.3 is 9.46 Å². The average molecular weight is 173 g/mol. The summed E-state index contributed by atoms with van der Waals surface area (Å²) in [4.78, 5) is 2.49. The highest BCUT2D eigenvalue weighted by atomic mass is 31.1. The third-order valence-corrected chi connectivity index (χ3v) is 4.19. The van der Waals surface area contributed by atoms with Crippen LogP contribution < -0.4 is 0 Å². The van der Waals surface area contributed by atoms with Crippen LogP contribution in [-0.2, 0) is 4.57 Å². The fraction of sp³-hybridized carbons (Fsp3) is 1.00. The first kappa shape index (κ1) is 7.82. The van der Waals surface area contributed by atoms with Gasteiger partial charge in [0.25, 0.3) is 0 Å². The van der Waals surface area contributed by atoms with Gasteiger partial charge in [-0.1, -0.05) is 0 Å². The van der Waals surface area contributed by atoms with Crippen LogP contribution in [0.1, 0.15) is 12.8 Å². The molecule has 3 heteroatoms. The van der Waals surface area contributed by atoms with Gasteiger partial charge in [-0.05, 0) is 18.8 Å². The molecule has 0 unspecified atom stereocenters. The Bertz CT molecular complexity index is 157. The minimum absolute atomic E-state index is 0.984. The van der Waals surface area contributed by atoms with E-state index in [0.29, 0.717) is 0 Å². The van der Waals surface area contributed by atoms with Crippen LogP contribution >= 0.6 is 7.80 Å². The second-order valence-corrected chi connectivity index (χ2v) is 5.86. The molecule has 0 amide bonds. The van der Waals surface area contributed by atoms with Crippen molar-refractivity contribution in [2.45, 2.75) is 12.8 Å². The summed E-state index contributed by atoms with van der Waals surface area (Å²) in [5, 5.41) is 0. The molecule has 0 aromatic rings. The molecule has 0 aromatic carbocycles. The molecule has 1 saturated heterocycles. The van der Waals surface area contributed by atoms with Gasteiger partial charge in [0.05, 0.1) is 7.80 Å². The fourth-order valence-electron chi connectivity index (χ4n) is 1.65. The summed E-state index contributed by atoms with van der Waals surface area (Å²) in [5.41, 5.74) is 0. The van der Waals surface area contributed by atoms with Gasteiger partial charge in [0, 0.05) is 32.0 Å². The highest BCUT2D eigenvalue weighted by molar-refractivity contribution is 7.44. The molecule has 11 heavy (non-hydrogen) atoms. The predicted octanol–water partition coefficient (Wildman–Crippen LogP) is 1.27. The van der Waals surface area contributed by atoms with E-state index >= 15 is 0 Å². The van der Waals surface area contributed by atoms with Gasteiger partial charge in [-0.2, -0.15) is 0 Å². The van der Waals surface area contributed by atoms with E-state index in [1.54, 1.807) is 0 Å². The zero-order valence-electron chi connectivity index (χ0n) is 6.88. The van der Waals surface area contributed by atoms with Crippen molar-refractivity contribution in [3.8, 4) is 0 Å². The van der Waals surface area contributed by atoms with Crippen molar-refractivity contribution < 1.29 is 4.57 Å². The van der Waals surface area contributed by atoms with Crippen molar-refractivity contribution in [1.29, 1.82) is 0 Å². The SMILES string of the molecule is O=[PH]1CCN(CC2CC2)CC1. The minimum Gasteiger partial charge on any atom is -0.327 e. The summed E-state index contributed by atoms with van der Waals surface area (Å²) in [7, 11) is -1.13. The van der Waals surface area contributed by atoms with E-state index in [4.69, 9.17) is 0 Å². The Labute approximate surface area is 68.7 Å². The van der Waals surface area contributed by atoms with E-state index < -0.39 is 7.80 Å². The molecule has 1 aliphatic carbocycles. The topological polar surface area (TPSA) is 20.3 Å². The molecule has 1 aliphatic heterocycles. The second kappa shape index (κ2) is 3.28. The lowest BCUT2D eigenvalue weighted by Crippen LogP contribution is -2.34. The largest absolute Gasteiger partial charge is 0.327 e. The van der Waals surface area contributed by atoms with Crippen LogP contribution in [0.4, 0.5) is 0 Å². The molecular formula is C8H16NOP.